The van der Waals surface area contributed by atoms with E-state index in [4.69, 9.17) is 8.94 Å². The number of hydrogen-bond donors (Lipinski definition) is 0. The molecule has 0 aliphatic rings. The lowest BCUT2D eigenvalue weighted by Gasteiger charge is -1.94. The summed E-state index contributed by atoms with van der Waals surface area (Å²) in [6.45, 7) is 3.84. The van der Waals surface area contributed by atoms with E-state index in [-0.39, 0.29) is 0 Å². The van der Waals surface area contributed by atoms with Crippen LogP contribution in [0.2, 0.25) is 0 Å². The number of nitrogens with zero attached hydrogens (tertiary/aromatic N) is 5. The molecule has 106 valence electrons. The molecule has 21 heavy (non-hydrogen) atoms. The molecule has 0 radical (unpaired) electrons. The second-order valence-corrected chi connectivity index (χ2v) is 5.71. The number of aryl methyl sites for hydroxylation is 2. The first-order valence-corrected chi connectivity index (χ1v) is 7.21. The van der Waals surface area contributed by atoms with Gasteiger partial charge in [-0.3, -0.25) is 0 Å². The molecule has 4 heterocycles. The van der Waals surface area contributed by atoms with Crippen LogP contribution in [0.15, 0.2) is 27.3 Å². The number of hydrogen-bond acceptors (Lipinski definition) is 7. The Morgan fingerprint density at radius 3 is 2.90 bits per heavy atom. The molecule has 0 spiro atoms. The fourth-order valence-corrected chi connectivity index (χ4v) is 3.04. The average molecular weight is 301 g/mol. The summed E-state index contributed by atoms with van der Waals surface area (Å²) in [4.78, 5) is 0.739. The Balaban J connectivity index is 1.75. The van der Waals surface area contributed by atoms with Crippen LogP contribution in [0.5, 0.6) is 0 Å². The van der Waals surface area contributed by atoms with Gasteiger partial charge in [0.2, 0.25) is 10.8 Å². The molecule has 0 unspecified atom stereocenters. The molecular weight excluding hydrogens is 290 g/mol. The van der Waals surface area contributed by atoms with E-state index in [9.17, 15) is 0 Å². The molecule has 0 aliphatic carbocycles. The zero-order valence-corrected chi connectivity index (χ0v) is 12.2. The molecular formula is C13H11N5O2S. The SMILES string of the molecule is Cc1noc(C)c1Cc1nn2c(-c3ccco3)nnc2s1. The minimum Gasteiger partial charge on any atom is -0.461 e. The largest absolute Gasteiger partial charge is 0.461 e. The maximum Gasteiger partial charge on any atom is 0.235 e. The van der Waals surface area contributed by atoms with E-state index < -0.39 is 0 Å². The summed E-state index contributed by atoms with van der Waals surface area (Å²) in [6.07, 6.45) is 2.28. The van der Waals surface area contributed by atoms with Crippen LogP contribution in [0, 0.1) is 13.8 Å². The summed E-state index contributed by atoms with van der Waals surface area (Å²) >= 11 is 1.50. The van der Waals surface area contributed by atoms with E-state index >= 15 is 0 Å². The normalized spacial score (nSPS) is 11.5. The van der Waals surface area contributed by atoms with E-state index in [0.717, 1.165) is 27.0 Å². The van der Waals surface area contributed by atoms with E-state index in [0.29, 0.717) is 18.0 Å². The summed E-state index contributed by atoms with van der Waals surface area (Å²) in [5, 5.41) is 17.7. The molecule has 0 amide bonds. The predicted octanol–water partition coefficient (Wildman–Crippen LogP) is 2.64. The topological polar surface area (TPSA) is 82.2 Å². The van der Waals surface area contributed by atoms with E-state index in [1.807, 2.05) is 26.0 Å². The Bertz CT molecular complexity index is 883. The molecule has 0 bridgehead atoms. The van der Waals surface area contributed by atoms with Crippen molar-refractivity contribution in [2.24, 2.45) is 0 Å². The lowest BCUT2D eigenvalue weighted by Crippen LogP contribution is -1.94. The lowest BCUT2D eigenvalue weighted by molar-refractivity contribution is 0.392. The fraction of sp³-hybridized carbons (Fsp3) is 0.231. The summed E-state index contributed by atoms with van der Waals surface area (Å²) in [5.41, 5.74) is 1.96. The Hall–Kier alpha value is -2.48. The van der Waals surface area contributed by atoms with Gasteiger partial charge in [-0.2, -0.15) is 9.61 Å². The monoisotopic (exact) mass is 301 g/mol. The quantitative estimate of drug-likeness (QED) is 0.578. The molecule has 4 aromatic rings. The second-order valence-electron chi connectivity index (χ2n) is 4.67. The number of aromatic nitrogens is 5. The van der Waals surface area contributed by atoms with Gasteiger partial charge in [0.1, 0.15) is 10.8 Å². The minimum atomic E-state index is 0.608. The van der Waals surface area contributed by atoms with Crippen molar-refractivity contribution in [3.63, 3.8) is 0 Å². The standard InChI is InChI=1S/C13H11N5O2S/c1-7-9(8(2)20-17-7)6-11-16-18-12(10-4-3-5-19-10)14-15-13(18)21-11/h3-5H,6H2,1-2H3. The van der Waals surface area contributed by atoms with Crippen molar-refractivity contribution in [3.8, 4) is 11.6 Å². The van der Waals surface area contributed by atoms with Crippen molar-refractivity contribution in [1.29, 1.82) is 0 Å². The average Bonchev–Trinajstić information content (AvgIpc) is 3.19. The zero-order chi connectivity index (χ0) is 14.4. The van der Waals surface area contributed by atoms with E-state index in [1.54, 1.807) is 10.8 Å². The van der Waals surface area contributed by atoms with Crippen molar-refractivity contribution >= 4 is 16.3 Å². The highest BCUT2D eigenvalue weighted by atomic mass is 32.1. The molecule has 0 atom stereocenters. The molecule has 8 heteroatoms. The van der Waals surface area contributed by atoms with Gasteiger partial charge >= 0.3 is 0 Å². The zero-order valence-electron chi connectivity index (χ0n) is 11.4. The third kappa shape index (κ3) is 1.95. The van der Waals surface area contributed by atoms with Crippen LogP contribution in [0.1, 0.15) is 22.0 Å². The summed E-state index contributed by atoms with van der Waals surface area (Å²) in [5.74, 6) is 2.08. The first-order chi connectivity index (χ1) is 10.2. The smallest absolute Gasteiger partial charge is 0.235 e. The highest BCUT2D eigenvalue weighted by Gasteiger charge is 2.17. The number of rotatable bonds is 3. The van der Waals surface area contributed by atoms with Crippen molar-refractivity contribution < 1.29 is 8.94 Å². The van der Waals surface area contributed by atoms with Gasteiger partial charge in [-0.05, 0) is 26.0 Å². The first kappa shape index (κ1) is 12.3. The third-order valence-electron chi connectivity index (χ3n) is 3.28. The van der Waals surface area contributed by atoms with Crippen LogP contribution in [0.4, 0.5) is 0 Å². The lowest BCUT2D eigenvalue weighted by atomic mass is 10.1. The summed E-state index contributed by atoms with van der Waals surface area (Å²) in [7, 11) is 0. The molecule has 0 saturated heterocycles. The maximum atomic E-state index is 5.36. The van der Waals surface area contributed by atoms with Crippen LogP contribution in [0.3, 0.4) is 0 Å². The first-order valence-electron chi connectivity index (χ1n) is 6.39. The molecule has 0 aliphatic heterocycles. The Kier molecular flexibility index (Phi) is 2.64. The molecule has 0 N–H and O–H groups in total. The van der Waals surface area contributed by atoms with E-state index in [2.05, 4.69) is 20.5 Å². The summed E-state index contributed by atoms with van der Waals surface area (Å²) < 4.78 is 12.2. The molecule has 4 rings (SSSR count). The van der Waals surface area contributed by atoms with Gasteiger partial charge in [0.15, 0.2) is 5.76 Å². The van der Waals surface area contributed by atoms with Crippen molar-refractivity contribution in [1.82, 2.24) is 25.0 Å². The van der Waals surface area contributed by atoms with Gasteiger partial charge in [0.25, 0.3) is 0 Å². The van der Waals surface area contributed by atoms with Gasteiger partial charge in [0, 0.05) is 12.0 Å². The fourth-order valence-electron chi connectivity index (χ4n) is 2.19. The van der Waals surface area contributed by atoms with Crippen LogP contribution < -0.4 is 0 Å². The Morgan fingerprint density at radius 2 is 2.19 bits per heavy atom. The van der Waals surface area contributed by atoms with Crippen LogP contribution in [-0.2, 0) is 6.42 Å². The molecule has 0 aromatic carbocycles. The highest BCUT2D eigenvalue weighted by Crippen LogP contribution is 2.24. The summed E-state index contributed by atoms with van der Waals surface area (Å²) in [6, 6.07) is 3.65. The van der Waals surface area contributed by atoms with Gasteiger partial charge in [0.05, 0.1) is 12.0 Å². The van der Waals surface area contributed by atoms with Crippen molar-refractivity contribution in [2.75, 3.05) is 0 Å². The Morgan fingerprint density at radius 1 is 1.29 bits per heavy atom. The van der Waals surface area contributed by atoms with Gasteiger partial charge in [-0.15, -0.1) is 10.2 Å². The van der Waals surface area contributed by atoms with Crippen LogP contribution in [-0.4, -0.2) is 25.0 Å². The van der Waals surface area contributed by atoms with Gasteiger partial charge in [-0.1, -0.05) is 16.5 Å². The van der Waals surface area contributed by atoms with Crippen molar-refractivity contribution in [3.05, 3.63) is 40.4 Å². The highest BCUT2D eigenvalue weighted by molar-refractivity contribution is 7.16. The third-order valence-corrected chi connectivity index (χ3v) is 4.18. The molecule has 0 saturated carbocycles. The number of fused-ring (bicyclic) bond motifs is 1. The van der Waals surface area contributed by atoms with Crippen LogP contribution in [0.25, 0.3) is 16.5 Å². The van der Waals surface area contributed by atoms with Crippen molar-refractivity contribution in [2.45, 2.75) is 20.3 Å². The second kappa shape index (κ2) is 4.52. The Labute approximate surface area is 123 Å². The molecule has 0 fully saturated rings. The molecule has 4 aromatic heterocycles. The number of furan rings is 1. The van der Waals surface area contributed by atoms with E-state index in [1.165, 1.54) is 11.3 Å². The van der Waals surface area contributed by atoms with Gasteiger partial charge in [-0.25, -0.2) is 0 Å². The van der Waals surface area contributed by atoms with Crippen LogP contribution >= 0.6 is 11.3 Å². The van der Waals surface area contributed by atoms with Gasteiger partial charge < -0.3 is 8.94 Å². The molecule has 7 nitrogen and oxygen atoms in total. The minimum absolute atomic E-state index is 0.608. The predicted molar refractivity (Wildman–Crippen MR) is 75.1 cm³/mol. The maximum absolute atomic E-state index is 5.36.